The molecule has 1 heterocycles. The van der Waals surface area contributed by atoms with Crippen molar-refractivity contribution in [3.8, 4) is 0 Å². The number of hydrogen-bond donors (Lipinski definition) is 1. The monoisotopic (exact) mass is 544 g/mol. The molecule has 9 heteroatoms. The summed E-state index contributed by atoms with van der Waals surface area (Å²) in [5.74, 6) is -2.03. The first-order valence-corrected chi connectivity index (χ1v) is 13.3. The van der Waals surface area contributed by atoms with E-state index >= 15 is 0 Å². The second-order valence-electron chi connectivity index (χ2n) is 8.91. The van der Waals surface area contributed by atoms with E-state index in [0.29, 0.717) is 35.5 Å². The molecule has 4 rings (SSSR count). The lowest BCUT2D eigenvalue weighted by Crippen LogP contribution is -2.32. The van der Waals surface area contributed by atoms with E-state index in [0.717, 1.165) is 21.6 Å². The zero-order chi connectivity index (χ0) is 27.9. The molecule has 39 heavy (non-hydrogen) atoms. The molecule has 0 bridgehead atoms. The van der Waals surface area contributed by atoms with E-state index in [9.17, 15) is 19.2 Å². The Labute approximate surface area is 231 Å². The highest BCUT2D eigenvalue weighted by molar-refractivity contribution is 8.04. The summed E-state index contributed by atoms with van der Waals surface area (Å²) in [6.07, 6.45) is 0.421. The number of carbonyl (C=O) groups excluding carboxylic acids is 4. The first-order valence-electron chi connectivity index (χ1n) is 12.5. The molecule has 0 spiro atoms. The molecule has 0 unspecified atom stereocenters. The Kier molecular flexibility index (Phi) is 8.83. The maximum absolute atomic E-state index is 13.6. The fourth-order valence-corrected chi connectivity index (χ4v) is 4.68. The van der Waals surface area contributed by atoms with E-state index in [1.165, 1.54) is 24.3 Å². The van der Waals surface area contributed by atoms with Crippen molar-refractivity contribution in [3.05, 3.63) is 101 Å². The van der Waals surface area contributed by atoms with Crippen molar-refractivity contribution in [2.75, 3.05) is 16.8 Å². The minimum Gasteiger partial charge on any atom is -0.462 e. The molecule has 0 radical (unpaired) electrons. The van der Waals surface area contributed by atoms with Crippen molar-refractivity contribution >= 4 is 46.9 Å². The summed E-state index contributed by atoms with van der Waals surface area (Å²) in [7, 11) is 0. The van der Waals surface area contributed by atoms with Crippen LogP contribution in [0.5, 0.6) is 0 Å². The average Bonchev–Trinajstić information content (AvgIpc) is 3.16. The van der Waals surface area contributed by atoms with Crippen LogP contribution in [-0.4, -0.2) is 36.5 Å². The van der Waals surface area contributed by atoms with E-state index in [4.69, 9.17) is 9.47 Å². The molecule has 0 saturated heterocycles. The molecule has 3 aromatic rings. The van der Waals surface area contributed by atoms with Gasteiger partial charge in [0, 0.05) is 10.6 Å². The van der Waals surface area contributed by atoms with Crippen LogP contribution in [0.25, 0.3) is 0 Å². The minimum atomic E-state index is -0.560. The van der Waals surface area contributed by atoms with Crippen molar-refractivity contribution in [2.24, 2.45) is 0 Å². The van der Waals surface area contributed by atoms with E-state index in [-0.39, 0.29) is 16.7 Å². The van der Waals surface area contributed by atoms with E-state index in [2.05, 4.69) is 5.32 Å². The lowest BCUT2D eigenvalue weighted by molar-refractivity contribution is -0.120. The molecule has 0 saturated carbocycles. The Balaban J connectivity index is 1.65. The molecule has 3 aromatic carbocycles. The Hall–Kier alpha value is -4.37. The molecule has 1 N–H and O–H groups in total. The molecule has 0 fully saturated rings. The number of benzene rings is 3. The quantitative estimate of drug-likeness (QED) is 0.252. The van der Waals surface area contributed by atoms with Crippen LogP contribution < -0.4 is 10.2 Å². The maximum Gasteiger partial charge on any atom is 0.338 e. The second-order valence-corrected chi connectivity index (χ2v) is 9.99. The van der Waals surface area contributed by atoms with Gasteiger partial charge in [-0.25, -0.2) is 14.5 Å². The molecule has 2 amide bonds. The van der Waals surface area contributed by atoms with Gasteiger partial charge in [-0.3, -0.25) is 9.59 Å². The third kappa shape index (κ3) is 6.56. The lowest BCUT2D eigenvalue weighted by atomic mass is 10.2. The largest absolute Gasteiger partial charge is 0.462 e. The van der Waals surface area contributed by atoms with Crippen molar-refractivity contribution in [2.45, 2.75) is 38.2 Å². The predicted octanol–water partition coefficient (Wildman–Crippen LogP) is 5.81. The number of rotatable bonds is 10. The van der Waals surface area contributed by atoms with Gasteiger partial charge in [0.2, 0.25) is 0 Å². The van der Waals surface area contributed by atoms with Crippen LogP contribution in [0.1, 0.15) is 47.9 Å². The molecule has 8 nitrogen and oxygen atoms in total. The number of anilines is 2. The Morgan fingerprint density at radius 1 is 0.872 bits per heavy atom. The molecule has 1 aliphatic heterocycles. The van der Waals surface area contributed by atoms with Crippen molar-refractivity contribution in [1.82, 2.24) is 0 Å². The number of nitrogens with one attached hydrogen (secondary N) is 1. The summed E-state index contributed by atoms with van der Waals surface area (Å²) in [4.78, 5) is 53.9. The van der Waals surface area contributed by atoms with Crippen LogP contribution in [0, 0.1) is 0 Å². The third-order valence-corrected chi connectivity index (χ3v) is 6.60. The molecule has 0 aromatic heterocycles. The van der Waals surface area contributed by atoms with Gasteiger partial charge in [-0.05, 0) is 74.9 Å². The van der Waals surface area contributed by atoms with E-state index in [1.54, 1.807) is 38.1 Å². The standard InChI is InChI=1S/C30H28N2O6S/c1-4-17-37-29(35)21-9-8-10-22(18-21)31-25-26(39-24-11-6-5-7-12-24)28(34)32(27(25)33)23-15-13-20(14-16-23)30(36)38-19(2)3/h5-16,18-19,31H,4,17H2,1-3H3. The summed E-state index contributed by atoms with van der Waals surface area (Å²) in [5, 5.41) is 3.06. The Bertz CT molecular complexity index is 1420. The number of amides is 2. The summed E-state index contributed by atoms with van der Waals surface area (Å²) in [6, 6.07) is 21.9. The molecule has 0 aliphatic carbocycles. The molecule has 0 atom stereocenters. The van der Waals surface area contributed by atoms with E-state index in [1.807, 2.05) is 37.3 Å². The van der Waals surface area contributed by atoms with Gasteiger partial charge >= 0.3 is 11.9 Å². The van der Waals surface area contributed by atoms with Crippen LogP contribution in [0.15, 0.2) is 94.4 Å². The molecular formula is C30H28N2O6S. The SMILES string of the molecule is CCCOC(=O)c1cccc(NC2=C(Sc3ccccc3)C(=O)N(c3ccc(C(=O)OC(C)C)cc3)C2=O)c1. The van der Waals surface area contributed by atoms with Gasteiger partial charge in [0.05, 0.1) is 29.5 Å². The number of hydrogen-bond acceptors (Lipinski definition) is 8. The lowest BCUT2D eigenvalue weighted by Gasteiger charge is -2.16. The van der Waals surface area contributed by atoms with Crippen LogP contribution in [-0.2, 0) is 19.1 Å². The highest BCUT2D eigenvalue weighted by atomic mass is 32.2. The van der Waals surface area contributed by atoms with Gasteiger partial charge in [-0.1, -0.05) is 43.0 Å². The number of imide groups is 1. The van der Waals surface area contributed by atoms with Crippen molar-refractivity contribution in [3.63, 3.8) is 0 Å². The van der Waals surface area contributed by atoms with Gasteiger partial charge in [-0.2, -0.15) is 0 Å². The minimum absolute atomic E-state index is 0.0798. The number of ether oxygens (including phenoxy) is 2. The van der Waals surface area contributed by atoms with Gasteiger partial charge in [-0.15, -0.1) is 0 Å². The normalized spacial score (nSPS) is 13.2. The van der Waals surface area contributed by atoms with Crippen LogP contribution >= 0.6 is 11.8 Å². The van der Waals surface area contributed by atoms with E-state index < -0.39 is 23.8 Å². The highest BCUT2D eigenvalue weighted by Gasteiger charge is 2.40. The zero-order valence-electron chi connectivity index (χ0n) is 21.8. The molecule has 1 aliphatic rings. The zero-order valence-corrected chi connectivity index (χ0v) is 22.6. The number of thioether (sulfide) groups is 1. The highest BCUT2D eigenvalue weighted by Crippen LogP contribution is 2.38. The third-order valence-electron chi connectivity index (χ3n) is 5.51. The summed E-state index contributed by atoms with van der Waals surface area (Å²) >= 11 is 1.16. The van der Waals surface area contributed by atoms with Crippen molar-refractivity contribution < 1.29 is 28.7 Å². The molecule has 200 valence electrons. The maximum atomic E-state index is 13.6. The second kappa shape index (κ2) is 12.4. The first-order chi connectivity index (χ1) is 18.8. The molecular weight excluding hydrogens is 516 g/mol. The summed E-state index contributed by atoms with van der Waals surface area (Å²) in [5.41, 5.74) is 1.48. The first kappa shape index (κ1) is 27.7. The topological polar surface area (TPSA) is 102 Å². The van der Waals surface area contributed by atoms with Crippen LogP contribution in [0.2, 0.25) is 0 Å². The fourth-order valence-electron chi connectivity index (χ4n) is 3.73. The fraction of sp³-hybridized carbons (Fsp3) is 0.200. The summed E-state index contributed by atoms with van der Waals surface area (Å²) < 4.78 is 10.4. The van der Waals surface area contributed by atoms with Gasteiger partial charge in [0.15, 0.2) is 0 Å². The van der Waals surface area contributed by atoms with Crippen molar-refractivity contribution in [1.29, 1.82) is 0 Å². The van der Waals surface area contributed by atoms with Gasteiger partial charge in [0.25, 0.3) is 11.8 Å². The predicted molar refractivity (Wildman–Crippen MR) is 149 cm³/mol. The number of esters is 2. The Morgan fingerprint density at radius 2 is 1.59 bits per heavy atom. The number of nitrogens with zero attached hydrogens (tertiary/aromatic N) is 1. The van der Waals surface area contributed by atoms with Gasteiger partial charge < -0.3 is 14.8 Å². The Morgan fingerprint density at radius 3 is 2.26 bits per heavy atom. The van der Waals surface area contributed by atoms with Gasteiger partial charge in [0.1, 0.15) is 10.6 Å². The average molecular weight is 545 g/mol. The number of carbonyl (C=O) groups is 4. The summed E-state index contributed by atoms with van der Waals surface area (Å²) in [6.45, 7) is 5.71. The smallest absolute Gasteiger partial charge is 0.338 e. The van der Waals surface area contributed by atoms with Crippen LogP contribution in [0.4, 0.5) is 11.4 Å². The van der Waals surface area contributed by atoms with Crippen LogP contribution in [0.3, 0.4) is 0 Å².